The van der Waals surface area contributed by atoms with Gasteiger partial charge < -0.3 is 9.47 Å². The Morgan fingerprint density at radius 3 is 3.24 bits per heavy atom. The lowest BCUT2D eigenvalue weighted by molar-refractivity contribution is -0.132. The molecule has 1 amide bonds. The molecule has 0 spiro atoms. The Kier molecular flexibility index (Phi) is 3.89. The predicted molar refractivity (Wildman–Crippen MR) is 60.0 cm³/mol. The third-order valence-corrected chi connectivity index (χ3v) is 2.61. The number of carbonyl (C=O) groups excluding carboxylic acids is 1. The fourth-order valence-electron chi connectivity index (χ4n) is 1.74. The first kappa shape index (κ1) is 11.8. The quantitative estimate of drug-likeness (QED) is 0.437. The number of hydrogen-bond donors (Lipinski definition) is 2. The van der Waals surface area contributed by atoms with E-state index in [1.165, 1.54) is 0 Å². The molecule has 2 rings (SSSR count). The summed E-state index contributed by atoms with van der Waals surface area (Å²) in [6, 6.07) is 3.63. The summed E-state index contributed by atoms with van der Waals surface area (Å²) in [5, 5.41) is 0. The van der Waals surface area contributed by atoms with Gasteiger partial charge in [-0.25, -0.2) is 5.84 Å². The van der Waals surface area contributed by atoms with E-state index in [0.717, 1.165) is 6.42 Å². The molecule has 2 atom stereocenters. The summed E-state index contributed by atoms with van der Waals surface area (Å²) in [4.78, 5) is 15.2. The molecule has 0 aromatic carbocycles. The molecule has 17 heavy (non-hydrogen) atoms. The summed E-state index contributed by atoms with van der Waals surface area (Å²) in [5.41, 5.74) is 2.09. The van der Waals surface area contributed by atoms with Crippen molar-refractivity contribution in [1.82, 2.24) is 10.4 Å². The molecule has 1 aromatic heterocycles. The second kappa shape index (κ2) is 5.60. The molecular formula is C11H15N3O3. The summed E-state index contributed by atoms with van der Waals surface area (Å²) in [6.07, 6.45) is 4.25. The maximum absolute atomic E-state index is 11.2. The van der Waals surface area contributed by atoms with Crippen molar-refractivity contribution in [3.8, 4) is 5.75 Å². The summed E-state index contributed by atoms with van der Waals surface area (Å²) < 4.78 is 11.0. The minimum Gasteiger partial charge on any atom is -0.489 e. The third-order valence-electron chi connectivity index (χ3n) is 2.61. The Morgan fingerprint density at radius 2 is 2.53 bits per heavy atom. The number of rotatable bonds is 4. The molecule has 1 aliphatic heterocycles. The summed E-state index contributed by atoms with van der Waals surface area (Å²) in [7, 11) is 0. The summed E-state index contributed by atoms with van der Waals surface area (Å²) in [5.74, 6) is 5.46. The van der Waals surface area contributed by atoms with E-state index in [9.17, 15) is 4.79 Å². The number of pyridine rings is 1. The SMILES string of the molecule is NNC(=O)C1CCC(COc2cccnc2)O1. The number of nitrogens with one attached hydrogen (secondary N) is 1. The molecule has 92 valence electrons. The number of ether oxygens (including phenoxy) is 2. The normalized spacial score (nSPS) is 23.4. The number of hydrazine groups is 1. The van der Waals surface area contributed by atoms with Crippen molar-refractivity contribution in [3.63, 3.8) is 0 Å². The van der Waals surface area contributed by atoms with Crippen LogP contribution in [0.3, 0.4) is 0 Å². The van der Waals surface area contributed by atoms with Gasteiger partial charge in [0.2, 0.25) is 0 Å². The van der Waals surface area contributed by atoms with Crippen LogP contribution in [0.1, 0.15) is 12.8 Å². The standard InChI is InChI=1S/C11H15N3O3/c12-14-11(15)10-4-3-9(17-10)7-16-8-2-1-5-13-6-8/h1-2,5-6,9-10H,3-4,7,12H2,(H,14,15). The molecule has 1 aliphatic rings. The van der Waals surface area contributed by atoms with Crippen LogP contribution in [0.2, 0.25) is 0 Å². The van der Waals surface area contributed by atoms with Crippen molar-refractivity contribution in [3.05, 3.63) is 24.5 Å². The summed E-state index contributed by atoms with van der Waals surface area (Å²) in [6.45, 7) is 0.417. The lowest BCUT2D eigenvalue weighted by Crippen LogP contribution is -2.39. The van der Waals surface area contributed by atoms with Crippen molar-refractivity contribution >= 4 is 5.91 Å². The van der Waals surface area contributed by atoms with Gasteiger partial charge in [0, 0.05) is 6.20 Å². The van der Waals surface area contributed by atoms with Gasteiger partial charge >= 0.3 is 0 Å². The van der Waals surface area contributed by atoms with Crippen LogP contribution in [-0.4, -0.2) is 29.7 Å². The highest BCUT2D eigenvalue weighted by Gasteiger charge is 2.30. The zero-order chi connectivity index (χ0) is 12.1. The Balaban J connectivity index is 1.77. The number of aromatic nitrogens is 1. The molecular weight excluding hydrogens is 222 g/mol. The Labute approximate surface area is 99.1 Å². The molecule has 2 unspecified atom stereocenters. The van der Waals surface area contributed by atoms with Gasteiger partial charge in [-0.15, -0.1) is 0 Å². The second-order valence-corrected chi connectivity index (χ2v) is 3.83. The van der Waals surface area contributed by atoms with Gasteiger partial charge in [-0.1, -0.05) is 0 Å². The zero-order valence-corrected chi connectivity index (χ0v) is 9.33. The first-order valence-electron chi connectivity index (χ1n) is 5.48. The molecule has 1 fully saturated rings. The van der Waals surface area contributed by atoms with Crippen LogP contribution < -0.4 is 16.0 Å². The Bertz CT molecular complexity index is 371. The van der Waals surface area contributed by atoms with Crippen molar-refractivity contribution in [2.45, 2.75) is 25.0 Å². The average molecular weight is 237 g/mol. The van der Waals surface area contributed by atoms with Gasteiger partial charge in [0.1, 0.15) is 18.5 Å². The molecule has 0 saturated carbocycles. The van der Waals surface area contributed by atoms with Gasteiger partial charge in [0.25, 0.3) is 5.91 Å². The van der Waals surface area contributed by atoms with Crippen LogP contribution in [0.15, 0.2) is 24.5 Å². The Morgan fingerprint density at radius 1 is 1.65 bits per heavy atom. The van der Waals surface area contributed by atoms with E-state index in [-0.39, 0.29) is 12.0 Å². The maximum atomic E-state index is 11.2. The first-order valence-corrected chi connectivity index (χ1v) is 5.48. The number of hydrogen-bond acceptors (Lipinski definition) is 5. The van der Waals surface area contributed by atoms with Gasteiger partial charge in [0.15, 0.2) is 0 Å². The van der Waals surface area contributed by atoms with Crippen LogP contribution in [0.4, 0.5) is 0 Å². The van der Waals surface area contributed by atoms with Crippen molar-refractivity contribution in [2.24, 2.45) is 5.84 Å². The monoisotopic (exact) mass is 237 g/mol. The van der Waals surface area contributed by atoms with Gasteiger partial charge in [-0.05, 0) is 25.0 Å². The highest BCUT2D eigenvalue weighted by atomic mass is 16.5. The predicted octanol–water partition coefficient (Wildman–Crippen LogP) is -0.00210. The number of nitrogens with two attached hydrogens (primary N) is 1. The molecule has 6 nitrogen and oxygen atoms in total. The van der Waals surface area contributed by atoms with Crippen molar-refractivity contribution in [2.75, 3.05) is 6.61 Å². The van der Waals surface area contributed by atoms with Gasteiger partial charge in [-0.2, -0.15) is 0 Å². The smallest absolute Gasteiger partial charge is 0.263 e. The zero-order valence-electron chi connectivity index (χ0n) is 9.33. The lowest BCUT2D eigenvalue weighted by Gasteiger charge is -2.13. The lowest BCUT2D eigenvalue weighted by atomic mass is 10.2. The average Bonchev–Trinajstić information content (AvgIpc) is 2.85. The highest BCUT2D eigenvalue weighted by molar-refractivity contribution is 5.80. The highest BCUT2D eigenvalue weighted by Crippen LogP contribution is 2.20. The fourth-order valence-corrected chi connectivity index (χ4v) is 1.74. The molecule has 6 heteroatoms. The number of amides is 1. The van der Waals surface area contributed by atoms with Crippen molar-refractivity contribution in [1.29, 1.82) is 0 Å². The fraction of sp³-hybridized carbons (Fsp3) is 0.455. The molecule has 0 bridgehead atoms. The summed E-state index contributed by atoms with van der Waals surface area (Å²) >= 11 is 0. The van der Waals surface area contributed by atoms with E-state index in [0.29, 0.717) is 18.8 Å². The van der Waals surface area contributed by atoms with Crippen molar-refractivity contribution < 1.29 is 14.3 Å². The van der Waals surface area contributed by atoms with Gasteiger partial charge in [0.05, 0.1) is 12.3 Å². The number of nitrogens with zero attached hydrogens (tertiary/aromatic N) is 1. The van der Waals surface area contributed by atoms with E-state index in [1.807, 2.05) is 6.07 Å². The van der Waals surface area contributed by atoms with Crippen LogP contribution in [0, 0.1) is 0 Å². The van der Waals surface area contributed by atoms with Gasteiger partial charge in [-0.3, -0.25) is 15.2 Å². The minimum atomic E-state index is -0.456. The van der Waals surface area contributed by atoms with Crippen LogP contribution in [-0.2, 0) is 9.53 Å². The molecule has 1 saturated heterocycles. The minimum absolute atomic E-state index is 0.0718. The van der Waals surface area contributed by atoms with Crippen LogP contribution in [0.25, 0.3) is 0 Å². The van der Waals surface area contributed by atoms with E-state index in [2.05, 4.69) is 10.4 Å². The molecule has 0 radical (unpaired) electrons. The molecule has 3 N–H and O–H groups in total. The van der Waals surface area contributed by atoms with Crippen LogP contribution in [0.5, 0.6) is 5.75 Å². The largest absolute Gasteiger partial charge is 0.489 e. The van der Waals surface area contributed by atoms with E-state index in [4.69, 9.17) is 15.3 Å². The molecule has 0 aliphatic carbocycles. The third kappa shape index (κ3) is 3.15. The van der Waals surface area contributed by atoms with E-state index >= 15 is 0 Å². The number of carbonyl (C=O) groups is 1. The Hall–Kier alpha value is -1.66. The first-order chi connectivity index (χ1) is 8.29. The van der Waals surface area contributed by atoms with E-state index < -0.39 is 6.10 Å². The maximum Gasteiger partial charge on any atom is 0.263 e. The van der Waals surface area contributed by atoms with E-state index in [1.54, 1.807) is 18.5 Å². The molecule has 2 heterocycles. The van der Waals surface area contributed by atoms with Crippen LogP contribution >= 0.6 is 0 Å². The topological polar surface area (TPSA) is 86.5 Å². The second-order valence-electron chi connectivity index (χ2n) is 3.83. The molecule has 1 aromatic rings.